The largest absolute Gasteiger partial charge is 0.378 e. The fourth-order valence-corrected chi connectivity index (χ4v) is 1.30. The Hall–Kier alpha value is -0.440. The molecule has 1 aromatic rings. The predicted octanol–water partition coefficient (Wildman–Crippen LogP) is 2.49. The fraction of sp³-hybridized carbons (Fsp3) is 0.455. The summed E-state index contributed by atoms with van der Waals surface area (Å²) in [5.41, 5.74) is 8.25. The normalized spacial score (nSPS) is 10.9. The van der Waals surface area contributed by atoms with Gasteiger partial charge in [0.05, 0.1) is 0 Å². The first-order valence-electron chi connectivity index (χ1n) is 4.61. The molecule has 0 spiro atoms. The maximum absolute atomic E-state index is 5.71. The van der Waals surface area contributed by atoms with Crippen molar-refractivity contribution in [2.75, 3.05) is 19.0 Å². The van der Waals surface area contributed by atoms with Crippen molar-refractivity contribution in [1.82, 2.24) is 0 Å². The number of hydrogen-bond donors (Lipinski definition) is 1. The number of rotatable bonds is 3. The van der Waals surface area contributed by atoms with E-state index in [0.29, 0.717) is 0 Å². The molecule has 2 nitrogen and oxygen atoms in total. The molecule has 0 fully saturated rings. The molecule has 0 aliphatic heterocycles. The van der Waals surface area contributed by atoms with E-state index in [-0.39, 0.29) is 30.9 Å². The third-order valence-corrected chi connectivity index (χ3v) is 2.01. The predicted molar refractivity (Wildman–Crippen MR) is 72.6 cm³/mol. The van der Waals surface area contributed by atoms with Crippen molar-refractivity contribution in [3.8, 4) is 0 Å². The minimum absolute atomic E-state index is 0. The van der Waals surface area contributed by atoms with Crippen LogP contribution < -0.4 is 10.6 Å². The van der Waals surface area contributed by atoms with Gasteiger partial charge in [-0.15, -0.1) is 24.8 Å². The van der Waals surface area contributed by atoms with Crippen molar-refractivity contribution >= 4 is 30.5 Å². The number of halogens is 2. The Balaban J connectivity index is 0. The van der Waals surface area contributed by atoms with E-state index in [4.69, 9.17) is 5.73 Å². The lowest BCUT2D eigenvalue weighted by atomic mass is 10.1. The molecule has 0 aliphatic rings. The molecule has 1 unspecified atom stereocenters. The maximum atomic E-state index is 5.71. The summed E-state index contributed by atoms with van der Waals surface area (Å²) >= 11 is 0. The van der Waals surface area contributed by atoms with Crippen LogP contribution >= 0.6 is 24.8 Å². The van der Waals surface area contributed by atoms with Gasteiger partial charge in [-0.3, -0.25) is 0 Å². The van der Waals surface area contributed by atoms with Crippen LogP contribution in [0.4, 0.5) is 5.69 Å². The molecule has 0 bridgehead atoms. The molecule has 2 N–H and O–H groups in total. The standard InChI is InChI=1S/C11H18N2.2ClH/c1-9(12)8-10-4-6-11(7-5-10)13(2)3;;/h4-7,9H,8,12H2,1-3H3;2*1H. The number of anilines is 1. The van der Waals surface area contributed by atoms with Gasteiger partial charge >= 0.3 is 0 Å². The monoisotopic (exact) mass is 250 g/mol. The highest BCUT2D eigenvalue weighted by molar-refractivity contribution is 5.85. The first-order chi connectivity index (χ1) is 6.09. The van der Waals surface area contributed by atoms with E-state index in [1.807, 2.05) is 21.0 Å². The Morgan fingerprint density at radius 2 is 1.60 bits per heavy atom. The van der Waals surface area contributed by atoms with Crippen LogP contribution in [0.5, 0.6) is 0 Å². The SMILES string of the molecule is CC(N)Cc1ccc(N(C)C)cc1.Cl.Cl. The zero-order valence-electron chi connectivity index (χ0n) is 9.43. The summed E-state index contributed by atoms with van der Waals surface area (Å²) in [5, 5.41) is 0. The highest BCUT2D eigenvalue weighted by Gasteiger charge is 1.98. The number of nitrogens with zero attached hydrogens (tertiary/aromatic N) is 1. The average Bonchev–Trinajstić information content (AvgIpc) is 2.04. The molecule has 0 radical (unpaired) electrons. The molecular formula is C11H20Cl2N2. The van der Waals surface area contributed by atoms with Crippen LogP contribution in [0.25, 0.3) is 0 Å². The summed E-state index contributed by atoms with van der Waals surface area (Å²) in [5.74, 6) is 0. The molecule has 0 heterocycles. The minimum Gasteiger partial charge on any atom is -0.378 e. The van der Waals surface area contributed by atoms with Crippen LogP contribution in [-0.2, 0) is 6.42 Å². The number of hydrogen-bond acceptors (Lipinski definition) is 2. The molecule has 0 aromatic heterocycles. The van der Waals surface area contributed by atoms with Crippen molar-refractivity contribution in [3.05, 3.63) is 29.8 Å². The van der Waals surface area contributed by atoms with Gasteiger partial charge in [-0.2, -0.15) is 0 Å². The van der Waals surface area contributed by atoms with Crippen LogP contribution in [0.15, 0.2) is 24.3 Å². The van der Waals surface area contributed by atoms with E-state index in [0.717, 1.165) is 6.42 Å². The van der Waals surface area contributed by atoms with Gasteiger partial charge in [0.1, 0.15) is 0 Å². The molecule has 15 heavy (non-hydrogen) atoms. The molecule has 1 atom stereocenters. The first kappa shape index (κ1) is 17.0. The summed E-state index contributed by atoms with van der Waals surface area (Å²) in [6.07, 6.45) is 0.952. The zero-order chi connectivity index (χ0) is 9.84. The molecule has 0 saturated heterocycles. The smallest absolute Gasteiger partial charge is 0.0361 e. The van der Waals surface area contributed by atoms with Gasteiger partial charge in [0.25, 0.3) is 0 Å². The highest BCUT2D eigenvalue weighted by atomic mass is 35.5. The fourth-order valence-electron chi connectivity index (χ4n) is 1.30. The topological polar surface area (TPSA) is 29.3 Å². The average molecular weight is 251 g/mol. The molecule has 88 valence electrons. The lowest BCUT2D eigenvalue weighted by Crippen LogP contribution is -2.17. The van der Waals surface area contributed by atoms with Crippen LogP contribution in [-0.4, -0.2) is 20.1 Å². The molecule has 0 aliphatic carbocycles. The Morgan fingerprint density at radius 1 is 1.13 bits per heavy atom. The summed E-state index contributed by atoms with van der Waals surface area (Å²) in [7, 11) is 4.08. The summed E-state index contributed by atoms with van der Waals surface area (Å²) in [6, 6.07) is 8.76. The summed E-state index contributed by atoms with van der Waals surface area (Å²) in [4.78, 5) is 2.09. The van der Waals surface area contributed by atoms with Crippen molar-refractivity contribution < 1.29 is 0 Å². The van der Waals surface area contributed by atoms with Crippen molar-refractivity contribution in [1.29, 1.82) is 0 Å². The maximum Gasteiger partial charge on any atom is 0.0361 e. The number of benzene rings is 1. The van der Waals surface area contributed by atoms with Crippen LogP contribution in [0, 0.1) is 0 Å². The molecular weight excluding hydrogens is 231 g/mol. The van der Waals surface area contributed by atoms with Gasteiger partial charge in [0.15, 0.2) is 0 Å². The Bertz CT molecular complexity index is 258. The van der Waals surface area contributed by atoms with Gasteiger partial charge in [0, 0.05) is 25.8 Å². The zero-order valence-corrected chi connectivity index (χ0v) is 11.1. The van der Waals surface area contributed by atoms with Crippen LogP contribution in [0.1, 0.15) is 12.5 Å². The quantitative estimate of drug-likeness (QED) is 0.894. The van der Waals surface area contributed by atoms with Crippen molar-refractivity contribution in [2.45, 2.75) is 19.4 Å². The third-order valence-electron chi connectivity index (χ3n) is 2.01. The molecule has 0 saturated carbocycles. The lowest BCUT2D eigenvalue weighted by Gasteiger charge is -2.13. The van der Waals surface area contributed by atoms with Crippen LogP contribution in [0.3, 0.4) is 0 Å². The van der Waals surface area contributed by atoms with Crippen LogP contribution in [0.2, 0.25) is 0 Å². The Kier molecular flexibility index (Phi) is 8.83. The van der Waals surface area contributed by atoms with E-state index in [1.54, 1.807) is 0 Å². The highest BCUT2D eigenvalue weighted by Crippen LogP contribution is 2.12. The van der Waals surface area contributed by atoms with E-state index in [1.165, 1.54) is 11.3 Å². The summed E-state index contributed by atoms with van der Waals surface area (Å²) < 4.78 is 0. The summed E-state index contributed by atoms with van der Waals surface area (Å²) in [6.45, 7) is 2.03. The van der Waals surface area contributed by atoms with Gasteiger partial charge in [-0.05, 0) is 31.0 Å². The van der Waals surface area contributed by atoms with E-state index < -0.39 is 0 Å². The van der Waals surface area contributed by atoms with Gasteiger partial charge in [0.2, 0.25) is 0 Å². The Morgan fingerprint density at radius 3 is 1.93 bits per heavy atom. The van der Waals surface area contributed by atoms with Gasteiger partial charge in [-0.1, -0.05) is 12.1 Å². The van der Waals surface area contributed by atoms with Gasteiger partial charge < -0.3 is 10.6 Å². The van der Waals surface area contributed by atoms with Gasteiger partial charge in [-0.25, -0.2) is 0 Å². The second-order valence-electron chi connectivity index (χ2n) is 3.74. The van der Waals surface area contributed by atoms with Crippen molar-refractivity contribution in [2.24, 2.45) is 5.73 Å². The van der Waals surface area contributed by atoms with E-state index in [9.17, 15) is 0 Å². The first-order valence-corrected chi connectivity index (χ1v) is 4.61. The molecule has 1 aromatic carbocycles. The third kappa shape index (κ3) is 5.88. The molecule has 4 heteroatoms. The number of nitrogens with two attached hydrogens (primary N) is 1. The minimum atomic E-state index is 0. The second-order valence-corrected chi connectivity index (χ2v) is 3.74. The lowest BCUT2D eigenvalue weighted by molar-refractivity contribution is 0.738. The van der Waals surface area contributed by atoms with Crippen molar-refractivity contribution in [3.63, 3.8) is 0 Å². The van der Waals surface area contributed by atoms with E-state index in [2.05, 4.69) is 29.2 Å². The Labute approximate surface area is 105 Å². The second kappa shape index (κ2) is 7.80. The van der Waals surface area contributed by atoms with E-state index >= 15 is 0 Å². The molecule has 0 amide bonds. The molecule has 1 rings (SSSR count).